The van der Waals surface area contributed by atoms with Gasteiger partial charge < -0.3 is 0 Å². The van der Waals surface area contributed by atoms with Crippen molar-refractivity contribution in [2.24, 2.45) is 5.10 Å². The zero-order valence-electron chi connectivity index (χ0n) is 14.2. The first-order valence-corrected chi connectivity index (χ1v) is 8.96. The van der Waals surface area contributed by atoms with E-state index in [4.69, 9.17) is 0 Å². The summed E-state index contributed by atoms with van der Waals surface area (Å²) in [7, 11) is 0. The highest BCUT2D eigenvalue weighted by atomic mass is 32.1. The molecule has 4 heteroatoms. The fourth-order valence-corrected chi connectivity index (χ4v) is 3.02. The molecule has 0 aliphatic heterocycles. The van der Waals surface area contributed by atoms with Gasteiger partial charge in [-0.05, 0) is 31.4 Å². The minimum absolute atomic E-state index is 0.801. The van der Waals surface area contributed by atoms with Gasteiger partial charge in [0.1, 0.15) is 0 Å². The van der Waals surface area contributed by atoms with Crippen LogP contribution < -0.4 is 5.43 Å². The zero-order valence-corrected chi connectivity index (χ0v) is 15.0. The molecule has 0 spiro atoms. The number of hydrogen-bond donors (Lipinski definition) is 1. The van der Waals surface area contributed by atoms with Gasteiger partial charge in [0, 0.05) is 10.9 Å². The molecule has 3 rings (SSSR count). The van der Waals surface area contributed by atoms with Crippen molar-refractivity contribution in [3.05, 3.63) is 70.6 Å². The third kappa shape index (κ3) is 3.89. The molecule has 0 saturated heterocycles. The van der Waals surface area contributed by atoms with Crippen molar-refractivity contribution in [3.8, 4) is 11.3 Å². The van der Waals surface area contributed by atoms with E-state index in [2.05, 4.69) is 77.9 Å². The Morgan fingerprint density at radius 2 is 1.79 bits per heavy atom. The van der Waals surface area contributed by atoms with E-state index < -0.39 is 0 Å². The predicted molar refractivity (Wildman–Crippen MR) is 104 cm³/mol. The molecule has 1 N–H and O–H groups in total. The highest BCUT2D eigenvalue weighted by molar-refractivity contribution is 7.14. The maximum absolute atomic E-state index is 4.60. The van der Waals surface area contributed by atoms with Crippen LogP contribution in [0.3, 0.4) is 0 Å². The van der Waals surface area contributed by atoms with Gasteiger partial charge in [-0.2, -0.15) is 5.10 Å². The van der Waals surface area contributed by atoms with E-state index in [1.165, 1.54) is 11.1 Å². The molecule has 24 heavy (non-hydrogen) atoms. The summed E-state index contributed by atoms with van der Waals surface area (Å²) in [6.07, 6.45) is 1.05. The van der Waals surface area contributed by atoms with Crippen molar-refractivity contribution in [1.82, 2.24) is 4.98 Å². The third-order valence-electron chi connectivity index (χ3n) is 3.95. The van der Waals surface area contributed by atoms with E-state index >= 15 is 0 Å². The van der Waals surface area contributed by atoms with Crippen LogP contribution in [0, 0.1) is 6.92 Å². The lowest BCUT2D eigenvalue weighted by Crippen LogP contribution is -1.99. The summed E-state index contributed by atoms with van der Waals surface area (Å²) < 4.78 is 0. The van der Waals surface area contributed by atoms with Crippen LogP contribution in [0.4, 0.5) is 5.13 Å². The number of rotatable bonds is 5. The van der Waals surface area contributed by atoms with E-state index in [-0.39, 0.29) is 0 Å². The molecule has 0 bridgehead atoms. The molecular weight excluding hydrogens is 314 g/mol. The highest BCUT2D eigenvalue weighted by Gasteiger charge is 2.04. The van der Waals surface area contributed by atoms with Gasteiger partial charge in [-0.3, -0.25) is 5.43 Å². The summed E-state index contributed by atoms with van der Waals surface area (Å²) in [6.45, 7) is 6.25. The fraction of sp³-hybridized carbons (Fsp3) is 0.200. The predicted octanol–water partition coefficient (Wildman–Crippen LogP) is 5.52. The van der Waals surface area contributed by atoms with Crippen LogP contribution in [0.5, 0.6) is 0 Å². The van der Waals surface area contributed by atoms with Gasteiger partial charge in [-0.1, -0.05) is 61.0 Å². The number of hydrogen-bond acceptors (Lipinski definition) is 4. The molecular formula is C20H21N3S. The molecule has 1 aromatic heterocycles. The van der Waals surface area contributed by atoms with E-state index in [9.17, 15) is 0 Å². The van der Waals surface area contributed by atoms with Crippen molar-refractivity contribution >= 4 is 22.2 Å². The second-order valence-electron chi connectivity index (χ2n) is 5.76. The summed E-state index contributed by atoms with van der Waals surface area (Å²) in [5, 5.41) is 7.31. The van der Waals surface area contributed by atoms with Crippen molar-refractivity contribution in [3.63, 3.8) is 0 Å². The van der Waals surface area contributed by atoms with Crippen LogP contribution in [0.25, 0.3) is 11.3 Å². The van der Waals surface area contributed by atoms with E-state index in [0.29, 0.717) is 0 Å². The number of aryl methyl sites for hydroxylation is 2. The molecule has 0 saturated carbocycles. The van der Waals surface area contributed by atoms with E-state index in [1.54, 1.807) is 11.3 Å². The third-order valence-corrected chi connectivity index (χ3v) is 4.70. The van der Waals surface area contributed by atoms with Gasteiger partial charge in [-0.25, -0.2) is 4.98 Å². The first-order valence-electron chi connectivity index (χ1n) is 8.08. The number of thiazole rings is 1. The van der Waals surface area contributed by atoms with E-state index in [1.807, 2.05) is 12.3 Å². The van der Waals surface area contributed by atoms with Gasteiger partial charge >= 0.3 is 0 Å². The average Bonchev–Trinajstić information content (AvgIpc) is 3.09. The van der Waals surface area contributed by atoms with Crippen LogP contribution in [0.15, 0.2) is 59.0 Å². The Balaban J connectivity index is 1.70. The van der Waals surface area contributed by atoms with Gasteiger partial charge in [0.25, 0.3) is 0 Å². The topological polar surface area (TPSA) is 37.3 Å². The Hall–Kier alpha value is -2.46. The monoisotopic (exact) mass is 335 g/mol. The Bertz CT molecular complexity index is 830. The molecule has 122 valence electrons. The maximum atomic E-state index is 4.60. The molecule has 2 aromatic carbocycles. The first kappa shape index (κ1) is 16.4. The summed E-state index contributed by atoms with van der Waals surface area (Å²) in [5.74, 6) is 0. The normalized spacial score (nSPS) is 11.5. The molecule has 0 unspecified atom stereocenters. The summed E-state index contributed by atoms with van der Waals surface area (Å²) in [6, 6.07) is 16.9. The smallest absolute Gasteiger partial charge is 0.203 e. The zero-order chi connectivity index (χ0) is 16.9. The SMILES string of the molecule is CCc1ccc(/C(C)=N\Nc2nc(-c3ccc(C)cc3)cs2)cc1. The first-order chi connectivity index (χ1) is 11.7. The largest absolute Gasteiger partial charge is 0.252 e. The lowest BCUT2D eigenvalue weighted by Gasteiger charge is -2.03. The molecule has 0 aliphatic carbocycles. The molecule has 1 heterocycles. The second-order valence-corrected chi connectivity index (χ2v) is 6.62. The number of anilines is 1. The number of aromatic nitrogens is 1. The summed E-state index contributed by atoms with van der Waals surface area (Å²) in [4.78, 5) is 4.60. The lowest BCUT2D eigenvalue weighted by molar-refractivity contribution is 1.14. The Kier molecular flexibility index (Phi) is 5.06. The Labute approximate surface area is 147 Å². The minimum Gasteiger partial charge on any atom is -0.252 e. The number of hydrazone groups is 1. The molecule has 3 aromatic rings. The molecule has 0 fully saturated rings. The van der Waals surface area contributed by atoms with E-state index in [0.717, 1.165) is 34.1 Å². The number of nitrogens with one attached hydrogen (secondary N) is 1. The van der Waals surface area contributed by atoms with Gasteiger partial charge in [-0.15, -0.1) is 11.3 Å². The van der Waals surface area contributed by atoms with Crippen molar-refractivity contribution < 1.29 is 0 Å². The molecule has 0 atom stereocenters. The maximum Gasteiger partial charge on any atom is 0.203 e. The van der Waals surface area contributed by atoms with Gasteiger partial charge in [0.2, 0.25) is 5.13 Å². The number of benzene rings is 2. The standard InChI is InChI=1S/C20H21N3S/c1-4-16-7-11-17(12-8-16)15(3)22-23-20-21-19(13-24-20)18-9-5-14(2)6-10-18/h5-13H,4H2,1-3H3,(H,21,23)/b22-15-. The highest BCUT2D eigenvalue weighted by Crippen LogP contribution is 2.25. The molecule has 0 radical (unpaired) electrons. The quantitative estimate of drug-likeness (QED) is 0.492. The van der Waals surface area contributed by atoms with Crippen LogP contribution in [0.1, 0.15) is 30.5 Å². The molecule has 0 amide bonds. The van der Waals surface area contributed by atoms with Crippen LogP contribution in [0.2, 0.25) is 0 Å². The summed E-state index contributed by atoms with van der Waals surface area (Å²) >= 11 is 1.56. The number of nitrogens with zero attached hydrogens (tertiary/aromatic N) is 2. The van der Waals surface area contributed by atoms with Gasteiger partial charge in [0.15, 0.2) is 0 Å². The average molecular weight is 335 g/mol. The lowest BCUT2D eigenvalue weighted by atomic mass is 10.1. The van der Waals surface area contributed by atoms with Gasteiger partial charge in [0.05, 0.1) is 11.4 Å². The van der Waals surface area contributed by atoms with Crippen molar-refractivity contribution in [1.29, 1.82) is 0 Å². The summed E-state index contributed by atoms with van der Waals surface area (Å²) in [5.41, 5.74) is 9.82. The van der Waals surface area contributed by atoms with Crippen molar-refractivity contribution in [2.75, 3.05) is 5.43 Å². The van der Waals surface area contributed by atoms with Crippen LogP contribution >= 0.6 is 11.3 Å². The van der Waals surface area contributed by atoms with Crippen LogP contribution in [-0.4, -0.2) is 10.7 Å². The van der Waals surface area contributed by atoms with Crippen molar-refractivity contribution in [2.45, 2.75) is 27.2 Å². The Morgan fingerprint density at radius 3 is 2.46 bits per heavy atom. The van der Waals surface area contributed by atoms with Crippen LogP contribution in [-0.2, 0) is 6.42 Å². The second kappa shape index (κ2) is 7.41. The molecule has 0 aliphatic rings. The molecule has 3 nitrogen and oxygen atoms in total. The fourth-order valence-electron chi connectivity index (χ4n) is 2.36. The minimum atomic E-state index is 0.801. The Morgan fingerprint density at radius 1 is 1.08 bits per heavy atom.